The highest BCUT2D eigenvalue weighted by atomic mass is 35.6. The monoisotopic (exact) mass is 257 g/mol. The summed E-state index contributed by atoms with van der Waals surface area (Å²) in [6, 6.07) is 0. The van der Waals surface area contributed by atoms with Crippen molar-refractivity contribution in [1.82, 2.24) is 0 Å². The molecule has 4 nitrogen and oxygen atoms in total. The van der Waals surface area contributed by atoms with Gasteiger partial charge in [0.05, 0.1) is 0 Å². The molecule has 0 radical (unpaired) electrons. The lowest BCUT2D eigenvalue weighted by molar-refractivity contribution is -0.149. The minimum absolute atomic E-state index is 0.522. The lowest BCUT2D eigenvalue weighted by atomic mass is 10.3. The molecular formula is C7H6Cl3NO3. The second-order valence-corrected chi connectivity index (χ2v) is 4.88. The fourth-order valence-electron chi connectivity index (χ4n) is 0.777. The fraction of sp³-hybridized carbons (Fsp3) is 0.429. The Bertz CT molecular complexity index is 308. The van der Waals surface area contributed by atoms with Crippen molar-refractivity contribution >= 4 is 46.7 Å². The van der Waals surface area contributed by atoms with Gasteiger partial charge < -0.3 is 9.47 Å². The molecule has 14 heavy (non-hydrogen) atoms. The number of nitrogens with one attached hydrogen (secondary N) is 1. The standard InChI is InChI=1S/C7H6Cl3NO3/c1-3-2-4(12)13-5(3)14-6(11)7(8,9)10/h2,5,11H,1H3. The number of cyclic esters (lactones) is 1. The summed E-state index contributed by atoms with van der Waals surface area (Å²) in [7, 11) is 0. The molecule has 0 saturated heterocycles. The normalized spacial score (nSPS) is 21.6. The first kappa shape index (κ1) is 11.6. The van der Waals surface area contributed by atoms with E-state index in [4.69, 9.17) is 44.9 Å². The molecule has 1 atom stereocenters. The molecule has 7 heteroatoms. The Kier molecular flexibility index (Phi) is 3.29. The van der Waals surface area contributed by atoms with Crippen LogP contribution in [0.3, 0.4) is 0 Å². The molecule has 1 rings (SSSR count). The van der Waals surface area contributed by atoms with Gasteiger partial charge in [-0.05, 0) is 6.92 Å². The van der Waals surface area contributed by atoms with Crippen molar-refractivity contribution < 1.29 is 14.3 Å². The maximum absolute atomic E-state index is 10.7. The van der Waals surface area contributed by atoms with Crippen molar-refractivity contribution in [2.45, 2.75) is 17.0 Å². The van der Waals surface area contributed by atoms with Gasteiger partial charge in [-0.25, -0.2) is 4.79 Å². The predicted octanol–water partition coefficient (Wildman–Crippen LogP) is 2.18. The van der Waals surface area contributed by atoms with E-state index in [2.05, 4.69) is 4.74 Å². The number of ether oxygens (including phenoxy) is 2. The van der Waals surface area contributed by atoms with Crippen LogP contribution in [0.4, 0.5) is 0 Å². The van der Waals surface area contributed by atoms with Crippen molar-refractivity contribution in [2.24, 2.45) is 0 Å². The van der Waals surface area contributed by atoms with Gasteiger partial charge in [0.1, 0.15) is 0 Å². The van der Waals surface area contributed by atoms with Crippen molar-refractivity contribution in [3.63, 3.8) is 0 Å². The van der Waals surface area contributed by atoms with E-state index in [1.165, 1.54) is 6.08 Å². The lowest BCUT2D eigenvalue weighted by Gasteiger charge is -2.18. The molecule has 0 saturated carbocycles. The summed E-state index contributed by atoms with van der Waals surface area (Å²) in [5, 5.41) is 7.22. The maximum atomic E-state index is 10.7. The van der Waals surface area contributed by atoms with Crippen LogP contribution in [0.25, 0.3) is 0 Å². The number of esters is 1. The molecule has 0 amide bonds. The van der Waals surface area contributed by atoms with E-state index in [-0.39, 0.29) is 0 Å². The highest BCUT2D eigenvalue weighted by Crippen LogP contribution is 2.29. The molecule has 1 aliphatic rings. The van der Waals surface area contributed by atoms with Crippen LogP contribution in [-0.4, -0.2) is 21.9 Å². The van der Waals surface area contributed by atoms with Crippen molar-refractivity contribution in [3.8, 4) is 0 Å². The molecule has 0 fully saturated rings. The Balaban J connectivity index is 2.60. The largest absolute Gasteiger partial charge is 0.433 e. The molecule has 0 aromatic heterocycles. The summed E-state index contributed by atoms with van der Waals surface area (Å²) in [5.74, 6) is -1.13. The third-order valence-electron chi connectivity index (χ3n) is 1.42. The summed E-state index contributed by atoms with van der Waals surface area (Å²) < 4.78 is 7.55. The molecule has 1 N–H and O–H groups in total. The Morgan fingerprint density at radius 3 is 2.57 bits per heavy atom. The van der Waals surface area contributed by atoms with Gasteiger partial charge in [-0.3, -0.25) is 5.41 Å². The summed E-state index contributed by atoms with van der Waals surface area (Å²) in [5.41, 5.74) is 0.522. The molecule has 0 aromatic carbocycles. The highest BCUT2D eigenvalue weighted by Gasteiger charge is 2.34. The molecular weight excluding hydrogens is 252 g/mol. The van der Waals surface area contributed by atoms with Gasteiger partial charge in [0.25, 0.3) is 10.1 Å². The number of carbonyl (C=O) groups is 1. The van der Waals surface area contributed by atoms with Crippen LogP contribution >= 0.6 is 34.8 Å². The van der Waals surface area contributed by atoms with E-state index in [1.54, 1.807) is 6.92 Å². The number of hydrogen-bond donors (Lipinski definition) is 1. The van der Waals surface area contributed by atoms with Gasteiger partial charge in [0.15, 0.2) is 0 Å². The Morgan fingerprint density at radius 1 is 1.64 bits per heavy atom. The summed E-state index contributed by atoms with van der Waals surface area (Å²) in [6.45, 7) is 1.61. The van der Waals surface area contributed by atoms with Crippen LogP contribution < -0.4 is 0 Å². The zero-order valence-corrected chi connectivity index (χ0v) is 9.28. The fourth-order valence-corrected chi connectivity index (χ4v) is 0.911. The van der Waals surface area contributed by atoms with E-state index in [9.17, 15) is 4.79 Å². The summed E-state index contributed by atoms with van der Waals surface area (Å²) >= 11 is 16.1. The van der Waals surface area contributed by atoms with Crippen LogP contribution in [-0.2, 0) is 14.3 Å². The Hall–Kier alpha value is -0.450. The zero-order valence-electron chi connectivity index (χ0n) is 7.01. The number of hydrogen-bond acceptors (Lipinski definition) is 4. The third-order valence-corrected chi connectivity index (χ3v) is 1.94. The van der Waals surface area contributed by atoms with E-state index < -0.39 is 21.9 Å². The van der Waals surface area contributed by atoms with Crippen LogP contribution in [0.2, 0.25) is 0 Å². The number of carbonyl (C=O) groups excluding carboxylic acids is 1. The first-order chi connectivity index (χ1) is 6.30. The zero-order chi connectivity index (χ0) is 10.9. The van der Waals surface area contributed by atoms with Crippen molar-refractivity contribution in [3.05, 3.63) is 11.6 Å². The van der Waals surface area contributed by atoms with Crippen molar-refractivity contribution in [1.29, 1.82) is 5.41 Å². The van der Waals surface area contributed by atoms with E-state index >= 15 is 0 Å². The smallest absolute Gasteiger partial charge is 0.334 e. The van der Waals surface area contributed by atoms with Crippen LogP contribution in [0, 0.1) is 5.41 Å². The molecule has 78 valence electrons. The average molecular weight is 258 g/mol. The van der Waals surface area contributed by atoms with Gasteiger partial charge in [0, 0.05) is 11.6 Å². The minimum Gasteiger partial charge on any atom is -0.433 e. The molecule has 1 heterocycles. The van der Waals surface area contributed by atoms with E-state index in [1.807, 2.05) is 0 Å². The van der Waals surface area contributed by atoms with Gasteiger partial charge >= 0.3 is 5.97 Å². The lowest BCUT2D eigenvalue weighted by Crippen LogP contribution is -2.28. The summed E-state index contributed by atoms with van der Waals surface area (Å²) in [6.07, 6.45) is 0.279. The quantitative estimate of drug-likeness (QED) is 0.339. The molecule has 0 bridgehead atoms. The predicted molar refractivity (Wildman–Crippen MR) is 52.7 cm³/mol. The SMILES string of the molecule is CC1=CC(=O)OC1OC(=N)C(Cl)(Cl)Cl. The van der Waals surface area contributed by atoms with E-state index in [0.29, 0.717) is 5.57 Å². The first-order valence-corrected chi connectivity index (χ1v) is 4.65. The number of halogens is 3. The minimum atomic E-state index is -1.95. The second kappa shape index (κ2) is 3.96. The topological polar surface area (TPSA) is 59.4 Å². The number of alkyl halides is 3. The molecule has 1 unspecified atom stereocenters. The van der Waals surface area contributed by atoms with Gasteiger partial charge in [0.2, 0.25) is 5.90 Å². The number of rotatable bonds is 1. The molecule has 1 aliphatic heterocycles. The third kappa shape index (κ3) is 2.77. The second-order valence-electron chi connectivity index (χ2n) is 2.60. The van der Waals surface area contributed by atoms with Crippen LogP contribution in [0.1, 0.15) is 6.92 Å². The van der Waals surface area contributed by atoms with Crippen molar-refractivity contribution in [2.75, 3.05) is 0 Å². The van der Waals surface area contributed by atoms with Gasteiger partial charge in [-0.1, -0.05) is 34.8 Å². The molecule has 0 aliphatic carbocycles. The van der Waals surface area contributed by atoms with E-state index in [0.717, 1.165) is 0 Å². The highest BCUT2D eigenvalue weighted by molar-refractivity contribution is 6.76. The van der Waals surface area contributed by atoms with Crippen LogP contribution in [0.5, 0.6) is 0 Å². The first-order valence-electron chi connectivity index (χ1n) is 3.52. The Labute approximate surface area is 95.2 Å². The average Bonchev–Trinajstić information content (AvgIpc) is 2.28. The van der Waals surface area contributed by atoms with Crippen LogP contribution in [0.15, 0.2) is 11.6 Å². The molecule has 0 aromatic rings. The summed E-state index contributed by atoms with van der Waals surface area (Å²) in [4.78, 5) is 10.7. The van der Waals surface area contributed by atoms with Gasteiger partial charge in [-0.2, -0.15) is 0 Å². The Morgan fingerprint density at radius 2 is 2.21 bits per heavy atom. The van der Waals surface area contributed by atoms with Gasteiger partial charge in [-0.15, -0.1) is 0 Å². The maximum Gasteiger partial charge on any atom is 0.334 e. The molecule has 0 spiro atoms.